The van der Waals surface area contributed by atoms with Crippen molar-refractivity contribution < 1.29 is 4.74 Å². The highest BCUT2D eigenvalue weighted by molar-refractivity contribution is 9.09. The molecule has 2 aliphatic rings. The van der Waals surface area contributed by atoms with Crippen LogP contribution < -0.4 is 4.74 Å². The van der Waals surface area contributed by atoms with Crippen molar-refractivity contribution in [2.24, 2.45) is 5.41 Å². The highest BCUT2D eigenvalue weighted by Crippen LogP contribution is 2.55. The minimum Gasteiger partial charge on any atom is -0.490 e. The fourth-order valence-electron chi connectivity index (χ4n) is 3.84. The number of alkyl halides is 1. The average Bonchev–Trinajstić information content (AvgIpc) is 2.70. The molecule has 0 radical (unpaired) electrons. The van der Waals surface area contributed by atoms with Crippen LogP contribution in [-0.2, 0) is 0 Å². The van der Waals surface area contributed by atoms with Gasteiger partial charge in [0.2, 0.25) is 0 Å². The van der Waals surface area contributed by atoms with Crippen LogP contribution in [0.1, 0.15) is 56.1 Å². The lowest BCUT2D eigenvalue weighted by molar-refractivity contribution is -0.0462. The molecule has 0 aliphatic heterocycles. The molecule has 1 spiro atoms. The molecule has 110 valence electrons. The van der Waals surface area contributed by atoms with Gasteiger partial charge in [-0.1, -0.05) is 47.7 Å². The van der Waals surface area contributed by atoms with E-state index in [0.717, 1.165) is 12.2 Å². The lowest BCUT2D eigenvalue weighted by Gasteiger charge is -2.53. The summed E-state index contributed by atoms with van der Waals surface area (Å²) in [5, 5.41) is 0. The summed E-state index contributed by atoms with van der Waals surface area (Å²) in [6.07, 6.45) is 9.77. The van der Waals surface area contributed by atoms with Crippen molar-refractivity contribution in [1.29, 1.82) is 0 Å². The lowest BCUT2D eigenvalue weighted by atomic mass is 9.61. The van der Waals surface area contributed by atoms with Crippen molar-refractivity contribution in [3.8, 4) is 5.75 Å². The molecule has 1 aromatic carbocycles. The Kier molecular flexibility index (Phi) is 4.12. The monoisotopic (exact) mass is 336 g/mol. The van der Waals surface area contributed by atoms with Gasteiger partial charge in [-0.05, 0) is 56.4 Å². The van der Waals surface area contributed by atoms with Crippen molar-refractivity contribution in [3.05, 3.63) is 29.3 Å². The van der Waals surface area contributed by atoms with Crippen molar-refractivity contribution in [1.82, 2.24) is 0 Å². The van der Waals surface area contributed by atoms with Crippen LogP contribution in [0, 0.1) is 19.3 Å². The second-order valence-corrected chi connectivity index (χ2v) is 7.81. The second-order valence-electron chi connectivity index (χ2n) is 6.70. The Hall–Kier alpha value is -0.500. The molecule has 0 aromatic heterocycles. The summed E-state index contributed by atoms with van der Waals surface area (Å²) < 4.78 is 6.38. The van der Waals surface area contributed by atoms with E-state index in [0.29, 0.717) is 16.3 Å². The van der Waals surface area contributed by atoms with Crippen LogP contribution in [0.4, 0.5) is 0 Å². The Labute approximate surface area is 131 Å². The molecule has 0 saturated heterocycles. The first kappa shape index (κ1) is 14.4. The number of benzene rings is 1. The fraction of sp³-hybridized carbons (Fsp3) is 0.667. The molecule has 0 N–H and O–H groups in total. The highest BCUT2D eigenvalue weighted by atomic mass is 79.9. The first-order valence-electron chi connectivity index (χ1n) is 8.00. The Balaban J connectivity index is 1.75. The highest BCUT2D eigenvalue weighted by Gasteiger charge is 2.54. The standard InChI is InChI=1S/C18H25BrO/c1-13-7-8-15(11-14(13)2)20-17-12-16(19)18(17)9-5-3-4-6-10-18/h7-8,11,16-17H,3-6,9-10,12H2,1-2H3. The minimum atomic E-state index is 0.398. The number of rotatable bonds is 2. The first-order valence-corrected chi connectivity index (χ1v) is 8.91. The van der Waals surface area contributed by atoms with E-state index in [1.165, 1.54) is 49.7 Å². The molecule has 3 rings (SSSR count). The summed E-state index contributed by atoms with van der Waals surface area (Å²) in [5.74, 6) is 1.06. The maximum Gasteiger partial charge on any atom is 0.120 e. The zero-order valence-corrected chi connectivity index (χ0v) is 14.2. The molecule has 1 nitrogen and oxygen atoms in total. The van der Waals surface area contributed by atoms with Gasteiger partial charge < -0.3 is 4.74 Å². The molecule has 0 heterocycles. The maximum absolute atomic E-state index is 6.38. The molecule has 2 heteroatoms. The SMILES string of the molecule is Cc1ccc(OC2CC(Br)C23CCCCCC3)cc1C. The number of hydrogen-bond acceptors (Lipinski definition) is 1. The third-order valence-corrected chi connectivity index (χ3v) is 6.76. The van der Waals surface area contributed by atoms with Gasteiger partial charge in [0.1, 0.15) is 11.9 Å². The zero-order valence-electron chi connectivity index (χ0n) is 12.6. The van der Waals surface area contributed by atoms with Gasteiger partial charge in [0.05, 0.1) is 0 Å². The molecular formula is C18H25BrO. The van der Waals surface area contributed by atoms with Gasteiger partial charge in [-0.25, -0.2) is 0 Å². The summed E-state index contributed by atoms with van der Waals surface area (Å²) in [7, 11) is 0. The Morgan fingerprint density at radius 3 is 2.35 bits per heavy atom. The largest absolute Gasteiger partial charge is 0.490 e. The smallest absolute Gasteiger partial charge is 0.120 e. The van der Waals surface area contributed by atoms with Crippen LogP contribution >= 0.6 is 15.9 Å². The summed E-state index contributed by atoms with van der Waals surface area (Å²) in [4.78, 5) is 0.657. The third kappa shape index (κ3) is 2.52. The topological polar surface area (TPSA) is 9.23 Å². The van der Waals surface area contributed by atoms with E-state index in [9.17, 15) is 0 Å². The lowest BCUT2D eigenvalue weighted by Crippen LogP contribution is -2.56. The van der Waals surface area contributed by atoms with Crippen LogP contribution in [0.15, 0.2) is 18.2 Å². The van der Waals surface area contributed by atoms with Crippen molar-refractivity contribution in [2.45, 2.75) is 69.7 Å². The quantitative estimate of drug-likeness (QED) is 0.642. The summed E-state index contributed by atoms with van der Waals surface area (Å²) in [5.41, 5.74) is 3.07. The zero-order chi connectivity index (χ0) is 14.2. The van der Waals surface area contributed by atoms with Gasteiger partial charge in [0.25, 0.3) is 0 Å². The number of aryl methyl sites for hydroxylation is 2. The fourth-order valence-corrected chi connectivity index (χ4v) is 4.93. The molecule has 0 bridgehead atoms. The van der Waals surface area contributed by atoms with E-state index in [4.69, 9.17) is 4.74 Å². The molecule has 2 aliphatic carbocycles. The van der Waals surface area contributed by atoms with Gasteiger partial charge in [-0.3, -0.25) is 0 Å². The minimum absolute atomic E-state index is 0.398. The van der Waals surface area contributed by atoms with Crippen molar-refractivity contribution in [2.75, 3.05) is 0 Å². The average molecular weight is 337 g/mol. The van der Waals surface area contributed by atoms with Crippen LogP contribution in [0.5, 0.6) is 5.75 Å². The van der Waals surface area contributed by atoms with E-state index >= 15 is 0 Å². The molecule has 2 fully saturated rings. The van der Waals surface area contributed by atoms with E-state index in [2.05, 4.69) is 48.0 Å². The molecule has 0 amide bonds. The predicted molar refractivity (Wildman–Crippen MR) is 87.8 cm³/mol. The van der Waals surface area contributed by atoms with Crippen molar-refractivity contribution in [3.63, 3.8) is 0 Å². The molecule has 2 atom stereocenters. The number of halogens is 1. The van der Waals surface area contributed by atoms with Gasteiger partial charge in [0, 0.05) is 10.2 Å². The number of hydrogen-bond donors (Lipinski definition) is 0. The summed E-state index contributed by atoms with van der Waals surface area (Å²) in [6, 6.07) is 6.50. The van der Waals surface area contributed by atoms with Crippen LogP contribution in [0.2, 0.25) is 0 Å². The molecule has 20 heavy (non-hydrogen) atoms. The number of ether oxygens (including phenoxy) is 1. The Morgan fingerprint density at radius 2 is 1.75 bits per heavy atom. The van der Waals surface area contributed by atoms with Gasteiger partial charge in [0.15, 0.2) is 0 Å². The van der Waals surface area contributed by atoms with E-state index in [1.807, 2.05) is 0 Å². The normalized spacial score (nSPS) is 28.8. The molecule has 2 saturated carbocycles. The molecular weight excluding hydrogens is 312 g/mol. The van der Waals surface area contributed by atoms with E-state index < -0.39 is 0 Å². The first-order chi connectivity index (χ1) is 9.62. The molecule has 2 unspecified atom stereocenters. The Morgan fingerprint density at radius 1 is 1.05 bits per heavy atom. The van der Waals surface area contributed by atoms with Gasteiger partial charge in [-0.15, -0.1) is 0 Å². The third-order valence-electron chi connectivity index (χ3n) is 5.48. The van der Waals surface area contributed by atoms with Gasteiger partial charge in [-0.2, -0.15) is 0 Å². The van der Waals surface area contributed by atoms with Gasteiger partial charge >= 0.3 is 0 Å². The van der Waals surface area contributed by atoms with Crippen molar-refractivity contribution >= 4 is 15.9 Å². The second kappa shape index (κ2) is 5.71. The molecule has 1 aromatic rings. The maximum atomic E-state index is 6.38. The van der Waals surface area contributed by atoms with Crippen LogP contribution in [-0.4, -0.2) is 10.9 Å². The van der Waals surface area contributed by atoms with E-state index in [1.54, 1.807) is 0 Å². The summed E-state index contributed by atoms with van der Waals surface area (Å²) >= 11 is 3.91. The van der Waals surface area contributed by atoms with Crippen LogP contribution in [0.25, 0.3) is 0 Å². The van der Waals surface area contributed by atoms with E-state index in [-0.39, 0.29) is 0 Å². The Bertz CT molecular complexity index is 474. The summed E-state index contributed by atoms with van der Waals surface area (Å²) in [6.45, 7) is 4.32. The predicted octanol–water partition coefficient (Wildman–Crippen LogP) is 5.56. The van der Waals surface area contributed by atoms with Crippen LogP contribution in [0.3, 0.4) is 0 Å².